The SMILES string of the molecule is CSC(=Nc1cc(Cl)c(C2=CC=NCC2)c(Cl)c1)NC#N. The third-order valence-corrected chi connectivity index (χ3v) is 4.00. The van der Waals surface area contributed by atoms with E-state index >= 15 is 0 Å². The van der Waals surface area contributed by atoms with E-state index in [0.29, 0.717) is 20.9 Å². The highest BCUT2D eigenvalue weighted by Crippen LogP contribution is 2.37. The van der Waals surface area contributed by atoms with Gasteiger partial charge in [-0.05, 0) is 36.5 Å². The molecule has 0 fully saturated rings. The van der Waals surface area contributed by atoms with E-state index in [0.717, 1.165) is 24.1 Å². The summed E-state index contributed by atoms with van der Waals surface area (Å²) in [5.41, 5.74) is 2.49. The minimum atomic E-state index is 0.487. The van der Waals surface area contributed by atoms with E-state index in [1.807, 2.05) is 18.5 Å². The molecule has 0 atom stereocenters. The molecule has 0 saturated carbocycles. The zero-order chi connectivity index (χ0) is 15.2. The van der Waals surface area contributed by atoms with Gasteiger partial charge in [0, 0.05) is 18.3 Å². The molecule has 0 saturated heterocycles. The maximum absolute atomic E-state index is 8.64. The van der Waals surface area contributed by atoms with Crippen LogP contribution in [-0.4, -0.2) is 24.2 Å². The van der Waals surface area contributed by atoms with Gasteiger partial charge in [0.25, 0.3) is 0 Å². The Labute approximate surface area is 137 Å². The second-order valence-electron chi connectivity index (χ2n) is 4.14. The number of dihydropyridines is 1. The molecule has 0 aromatic heterocycles. The third-order valence-electron chi connectivity index (χ3n) is 2.83. The van der Waals surface area contributed by atoms with Crippen molar-refractivity contribution in [2.75, 3.05) is 12.8 Å². The Morgan fingerprint density at radius 3 is 2.67 bits per heavy atom. The molecule has 21 heavy (non-hydrogen) atoms. The normalized spacial score (nSPS) is 14.6. The Morgan fingerprint density at radius 2 is 2.14 bits per heavy atom. The Hall–Kier alpha value is -1.48. The number of allylic oxidation sites excluding steroid dienone is 1. The number of aliphatic imine (C=N–C) groups is 2. The molecule has 1 heterocycles. The van der Waals surface area contributed by atoms with Crippen LogP contribution in [0, 0.1) is 11.5 Å². The van der Waals surface area contributed by atoms with Gasteiger partial charge in [0.1, 0.15) is 0 Å². The maximum Gasteiger partial charge on any atom is 0.183 e. The van der Waals surface area contributed by atoms with Crippen molar-refractivity contribution >= 4 is 57.6 Å². The highest BCUT2D eigenvalue weighted by molar-refractivity contribution is 8.13. The van der Waals surface area contributed by atoms with Crippen LogP contribution in [0.15, 0.2) is 28.2 Å². The molecule has 0 bridgehead atoms. The summed E-state index contributed by atoms with van der Waals surface area (Å²) in [5.74, 6) is 0. The smallest absolute Gasteiger partial charge is 0.183 e. The largest absolute Gasteiger partial charge is 0.293 e. The predicted octanol–water partition coefficient (Wildman–Crippen LogP) is 4.27. The summed E-state index contributed by atoms with van der Waals surface area (Å²) < 4.78 is 0. The first-order valence-electron chi connectivity index (χ1n) is 6.12. The van der Waals surface area contributed by atoms with Crippen molar-refractivity contribution in [2.24, 2.45) is 9.98 Å². The van der Waals surface area contributed by atoms with E-state index in [9.17, 15) is 0 Å². The van der Waals surface area contributed by atoms with Crippen LogP contribution in [0.5, 0.6) is 0 Å². The van der Waals surface area contributed by atoms with Gasteiger partial charge in [0.05, 0.1) is 15.7 Å². The van der Waals surface area contributed by atoms with Gasteiger partial charge in [-0.3, -0.25) is 10.3 Å². The number of hydrogen-bond acceptors (Lipinski definition) is 4. The molecule has 4 nitrogen and oxygen atoms in total. The van der Waals surface area contributed by atoms with Crippen LogP contribution in [0.1, 0.15) is 12.0 Å². The summed E-state index contributed by atoms with van der Waals surface area (Å²) in [5, 5.41) is 12.7. The summed E-state index contributed by atoms with van der Waals surface area (Å²) in [7, 11) is 0. The highest BCUT2D eigenvalue weighted by atomic mass is 35.5. The van der Waals surface area contributed by atoms with Gasteiger partial charge in [-0.15, -0.1) is 0 Å². The summed E-state index contributed by atoms with van der Waals surface area (Å²) in [6.45, 7) is 0.737. The monoisotopic (exact) mass is 338 g/mol. The molecule has 0 spiro atoms. The molecule has 0 amide bonds. The van der Waals surface area contributed by atoms with Crippen molar-refractivity contribution in [3.05, 3.63) is 33.8 Å². The number of nitriles is 1. The van der Waals surface area contributed by atoms with Crippen LogP contribution in [0.4, 0.5) is 5.69 Å². The summed E-state index contributed by atoms with van der Waals surface area (Å²) in [6.07, 6.45) is 8.16. The fourth-order valence-corrected chi connectivity index (χ4v) is 2.98. The molecular formula is C14H12Cl2N4S. The fourth-order valence-electron chi connectivity index (χ4n) is 1.91. The summed E-state index contributed by atoms with van der Waals surface area (Å²) >= 11 is 14.0. The molecule has 1 aromatic carbocycles. The molecule has 108 valence electrons. The maximum atomic E-state index is 8.64. The molecular weight excluding hydrogens is 327 g/mol. The molecule has 7 heteroatoms. The second kappa shape index (κ2) is 7.51. The number of nitrogens with zero attached hydrogens (tertiary/aromatic N) is 3. The molecule has 1 aliphatic heterocycles. The number of hydrogen-bond donors (Lipinski definition) is 1. The number of amidine groups is 1. The van der Waals surface area contributed by atoms with Gasteiger partial charge in [-0.1, -0.05) is 35.0 Å². The van der Waals surface area contributed by atoms with Crippen LogP contribution in [-0.2, 0) is 0 Å². The molecule has 2 rings (SSSR count). The van der Waals surface area contributed by atoms with E-state index in [1.165, 1.54) is 11.8 Å². The molecule has 0 unspecified atom stereocenters. The minimum absolute atomic E-state index is 0.487. The van der Waals surface area contributed by atoms with Gasteiger partial charge in [-0.2, -0.15) is 5.26 Å². The van der Waals surface area contributed by atoms with E-state index < -0.39 is 0 Å². The predicted molar refractivity (Wildman–Crippen MR) is 91.8 cm³/mol. The Morgan fingerprint density at radius 1 is 1.43 bits per heavy atom. The second-order valence-corrected chi connectivity index (χ2v) is 5.75. The summed E-state index contributed by atoms with van der Waals surface area (Å²) in [6, 6.07) is 3.48. The lowest BCUT2D eigenvalue weighted by atomic mass is 10.0. The minimum Gasteiger partial charge on any atom is -0.293 e. The average molecular weight is 339 g/mol. The zero-order valence-electron chi connectivity index (χ0n) is 11.2. The third kappa shape index (κ3) is 4.01. The van der Waals surface area contributed by atoms with Crippen molar-refractivity contribution in [1.29, 1.82) is 5.26 Å². The Bertz CT molecular complexity index is 651. The van der Waals surface area contributed by atoms with E-state index in [2.05, 4.69) is 15.3 Å². The Balaban J connectivity index is 2.40. The number of benzene rings is 1. The number of thioether (sulfide) groups is 1. The van der Waals surface area contributed by atoms with Gasteiger partial charge in [-0.25, -0.2) is 4.99 Å². The lowest BCUT2D eigenvalue weighted by Gasteiger charge is -2.13. The van der Waals surface area contributed by atoms with Gasteiger partial charge >= 0.3 is 0 Å². The average Bonchev–Trinajstić information content (AvgIpc) is 2.47. The molecule has 1 aliphatic rings. The molecule has 0 aliphatic carbocycles. The fraction of sp³-hybridized carbons (Fsp3) is 0.214. The van der Waals surface area contributed by atoms with Crippen molar-refractivity contribution in [2.45, 2.75) is 6.42 Å². The van der Waals surface area contributed by atoms with Crippen LogP contribution >= 0.6 is 35.0 Å². The van der Waals surface area contributed by atoms with Crippen molar-refractivity contribution in [3.63, 3.8) is 0 Å². The van der Waals surface area contributed by atoms with Crippen molar-refractivity contribution < 1.29 is 0 Å². The van der Waals surface area contributed by atoms with E-state index in [4.69, 9.17) is 28.5 Å². The Kier molecular flexibility index (Phi) is 5.68. The topological polar surface area (TPSA) is 60.5 Å². The molecule has 1 N–H and O–H groups in total. The van der Waals surface area contributed by atoms with E-state index in [-0.39, 0.29) is 0 Å². The van der Waals surface area contributed by atoms with Crippen molar-refractivity contribution in [1.82, 2.24) is 5.32 Å². The van der Waals surface area contributed by atoms with Gasteiger partial charge in [0.15, 0.2) is 11.4 Å². The first kappa shape index (κ1) is 15.9. The van der Waals surface area contributed by atoms with Gasteiger partial charge < -0.3 is 0 Å². The van der Waals surface area contributed by atoms with Crippen LogP contribution in [0.25, 0.3) is 5.57 Å². The molecule has 1 aromatic rings. The van der Waals surface area contributed by atoms with Crippen molar-refractivity contribution in [3.8, 4) is 6.19 Å². The quantitative estimate of drug-likeness (QED) is 0.379. The summed E-state index contributed by atoms with van der Waals surface area (Å²) in [4.78, 5) is 8.46. The lowest BCUT2D eigenvalue weighted by Crippen LogP contribution is -2.12. The highest BCUT2D eigenvalue weighted by Gasteiger charge is 2.14. The van der Waals surface area contributed by atoms with Gasteiger partial charge in [0.2, 0.25) is 0 Å². The van der Waals surface area contributed by atoms with Crippen LogP contribution < -0.4 is 5.32 Å². The molecule has 0 radical (unpaired) electrons. The van der Waals surface area contributed by atoms with Crippen LogP contribution in [0.2, 0.25) is 10.0 Å². The number of nitrogens with one attached hydrogen (secondary N) is 1. The standard InChI is InChI=1S/C14H12Cl2N4S/c1-21-14(19-8-17)20-10-6-11(15)13(12(16)7-10)9-2-4-18-5-3-9/h2,4,6-7H,3,5H2,1H3,(H,19,20). The number of halogens is 2. The lowest BCUT2D eigenvalue weighted by molar-refractivity contribution is 1.02. The van der Waals surface area contributed by atoms with E-state index in [1.54, 1.807) is 18.3 Å². The first-order valence-corrected chi connectivity index (χ1v) is 8.10. The van der Waals surface area contributed by atoms with Crippen LogP contribution in [0.3, 0.4) is 0 Å². The first-order chi connectivity index (χ1) is 10.2. The zero-order valence-corrected chi connectivity index (χ0v) is 13.6. The number of rotatable bonds is 2.